The lowest BCUT2D eigenvalue weighted by atomic mass is 9.76. The van der Waals surface area contributed by atoms with E-state index in [-0.39, 0.29) is 0 Å². The first-order valence-corrected chi connectivity index (χ1v) is 5.24. The molecule has 1 atom stereocenters. The van der Waals surface area contributed by atoms with Crippen molar-refractivity contribution < 1.29 is 0 Å². The summed E-state index contributed by atoms with van der Waals surface area (Å²) in [5.41, 5.74) is 6.55. The maximum absolute atomic E-state index is 6.09. The Morgan fingerprint density at radius 2 is 1.92 bits per heavy atom. The molecule has 1 saturated carbocycles. The molecule has 0 spiro atoms. The van der Waals surface area contributed by atoms with E-state index in [4.69, 9.17) is 5.73 Å². The highest BCUT2D eigenvalue weighted by atomic mass is 14.7. The summed E-state index contributed by atoms with van der Waals surface area (Å²) in [6.45, 7) is 6.88. The first-order valence-electron chi connectivity index (χ1n) is 5.24. The Bertz CT molecular complexity index is 130. The van der Waals surface area contributed by atoms with Gasteiger partial charge >= 0.3 is 0 Å². The molecule has 0 aliphatic heterocycles. The summed E-state index contributed by atoms with van der Waals surface area (Å²) in [6.07, 6.45) is 6.66. The Morgan fingerprint density at radius 1 is 1.33 bits per heavy atom. The minimum Gasteiger partial charge on any atom is -0.327 e. The molecule has 1 heteroatoms. The molecule has 1 aliphatic rings. The minimum absolute atomic E-state index is 0.460. The molecular weight excluding hydrogens is 146 g/mol. The lowest BCUT2D eigenvalue weighted by Crippen LogP contribution is -2.35. The van der Waals surface area contributed by atoms with Crippen LogP contribution in [0.25, 0.3) is 0 Å². The SMILES string of the molecule is CC(C)(C)CCC(N)C1CCC1. The van der Waals surface area contributed by atoms with E-state index < -0.39 is 0 Å². The quantitative estimate of drug-likeness (QED) is 0.690. The van der Waals surface area contributed by atoms with E-state index >= 15 is 0 Å². The van der Waals surface area contributed by atoms with Crippen molar-refractivity contribution in [1.29, 1.82) is 0 Å². The predicted molar refractivity (Wildman–Crippen MR) is 54.0 cm³/mol. The molecule has 0 bridgehead atoms. The van der Waals surface area contributed by atoms with Crippen LogP contribution in [-0.2, 0) is 0 Å². The average Bonchev–Trinajstić information content (AvgIpc) is 1.78. The lowest BCUT2D eigenvalue weighted by molar-refractivity contribution is 0.230. The van der Waals surface area contributed by atoms with E-state index in [0.29, 0.717) is 11.5 Å². The van der Waals surface area contributed by atoms with Crippen LogP contribution in [0.4, 0.5) is 0 Å². The monoisotopic (exact) mass is 169 g/mol. The van der Waals surface area contributed by atoms with E-state index in [1.54, 1.807) is 0 Å². The van der Waals surface area contributed by atoms with Crippen LogP contribution in [0.1, 0.15) is 52.9 Å². The van der Waals surface area contributed by atoms with Gasteiger partial charge in [-0.3, -0.25) is 0 Å². The van der Waals surface area contributed by atoms with Crippen molar-refractivity contribution in [3.05, 3.63) is 0 Å². The molecule has 1 nitrogen and oxygen atoms in total. The van der Waals surface area contributed by atoms with Crippen LogP contribution < -0.4 is 5.73 Å². The van der Waals surface area contributed by atoms with Crippen LogP contribution in [-0.4, -0.2) is 6.04 Å². The zero-order chi connectivity index (χ0) is 9.19. The molecule has 1 unspecified atom stereocenters. The Kier molecular flexibility index (Phi) is 3.16. The first-order chi connectivity index (χ1) is 5.49. The summed E-state index contributed by atoms with van der Waals surface area (Å²) in [5, 5.41) is 0. The fraction of sp³-hybridized carbons (Fsp3) is 1.00. The highest BCUT2D eigenvalue weighted by molar-refractivity contribution is 4.81. The molecule has 1 aliphatic carbocycles. The van der Waals surface area contributed by atoms with Crippen LogP contribution in [0, 0.1) is 11.3 Å². The highest BCUT2D eigenvalue weighted by Gasteiger charge is 2.25. The van der Waals surface area contributed by atoms with Gasteiger partial charge in [0.25, 0.3) is 0 Å². The van der Waals surface area contributed by atoms with E-state index in [2.05, 4.69) is 20.8 Å². The summed E-state index contributed by atoms with van der Waals surface area (Å²) in [6, 6.07) is 0.484. The van der Waals surface area contributed by atoms with Crippen molar-refractivity contribution in [2.45, 2.75) is 58.9 Å². The van der Waals surface area contributed by atoms with Crippen LogP contribution in [0.2, 0.25) is 0 Å². The molecule has 0 aromatic heterocycles. The van der Waals surface area contributed by atoms with Gasteiger partial charge in [0, 0.05) is 6.04 Å². The lowest BCUT2D eigenvalue weighted by Gasteiger charge is -2.32. The molecule has 72 valence electrons. The normalized spacial score (nSPS) is 22.0. The Hall–Kier alpha value is -0.0400. The topological polar surface area (TPSA) is 26.0 Å². The van der Waals surface area contributed by atoms with Crippen LogP contribution in [0.5, 0.6) is 0 Å². The molecular formula is C11H23N. The summed E-state index contributed by atoms with van der Waals surface area (Å²) < 4.78 is 0. The molecule has 1 rings (SSSR count). The van der Waals surface area contributed by atoms with E-state index in [9.17, 15) is 0 Å². The molecule has 0 saturated heterocycles. The van der Waals surface area contributed by atoms with E-state index in [0.717, 1.165) is 5.92 Å². The van der Waals surface area contributed by atoms with Gasteiger partial charge in [0.05, 0.1) is 0 Å². The Balaban J connectivity index is 2.13. The van der Waals surface area contributed by atoms with Crippen molar-refractivity contribution in [3.63, 3.8) is 0 Å². The first kappa shape index (κ1) is 10.0. The van der Waals surface area contributed by atoms with Crippen LogP contribution in [0.15, 0.2) is 0 Å². The number of hydrogen-bond donors (Lipinski definition) is 1. The number of rotatable bonds is 3. The van der Waals surface area contributed by atoms with Gasteiger partial charge in [-0.1, -0.05) is 27.2 Å². The smallest absolute Gasteiger partial charge is 0.00673 e. The van der Waals surface area contributed by atoms with Gasteiger partial charge in [-0.2, -0.15) is 0 Å². The van der Waals surface area contributed by atoms with Crippen molar-refractivity contribution in [2.75, 3.05) is 0 Å². The maximum Gasteiger partial charge on any atom is 0.00673 e. The number of hydrogen-bond acceptors (Lipinski definition) is 1. The molecule has 12 heavy (non-hydrogen) atoms. The second kappa shape index (κ2) is 3.78. The van der Waals surface area contributed by atoms with Gasteiger partial charge in [-0.05, 0) is 37.0 Å². The van der Waals surface area contributed by atoms with Gasteiger partial charge in [0.1, 0.15) is 0 Å². The second-order valence-electron chi connectivity index (χ2n) is 5.45. The predicted octanol–water partition coefficient (Wildman–Crippen LogP) is 2.94. The second-order valence-corrected chi connectivity index (χ2v) is 5.45. The zero-order valence-electron chi connectivity index (χ0n) is 8.77. The average molecular weight is 169 g/mol. The van der Waals surface area contributed by atoms with Gasteiger partial charge in [-0.15, -0.1) is 0 Å². The van der Waals surface area contributed by atoms with Crippen LogP contribution in [0.3, 0.4) is 0 Å². The minimum atomic E-state index is 0.460. The van der Waals surface area contributed by atoms with E-state index in [1.165, 1.54) is 32.1 Å². The Morgan fingerprint density at radius 3 is 2.25 bits per heavy atom. The van der Waals surface area contributed by atoms with Gasteiger partial charge in [0.2, 0.25) is 0 Å². The van der Waals surface area contributed by atoms with Crippen LogP contribution >= 0.6 is 0 Å². The summed E-state index contributed by atoms with van der Waals surface area (Å²) in [4.78, 5) is 0. The number of nitrogens with two attached hydrogens (primary N) is 1. The molecule has 0 aromatic rings. The summed E-state index contributed by atoms with van der Waals surface area (Å²) >= 11 is 0. The molecule has 0 heterocycles. The van der Waals surface area contributed by atoms with Gasteiger partial charge in [-0.25, -0.2) is 0 Å². The largest absolute Gasteiger partial charge is 0.327 e. The third-order valence-corrected chi connectivity index (χ3v) is 2.98. The van der Waals surface area contributed by atoms with E-state index in [1.807, 2.05) is 0 Å². The third kappa shape index (κ3) is 3.14. The molecule has 1 fully saturated rings. The van der Waals surface area contributed by atoms with Crippen molar-refractivity contribution in [3.8, 4) is 0 Å². The fourth-order valence-electron chi connectivity index (χ4n) is 1.70. The summed E-state index contributed by atoms with van der Waals surface area (Å²) in [5.74, 6) is 0.854. The van der Waals surface area contributed by atoms with Crippen molar-refractivity contribution in [1.82, 2.24) is 0 Å². The highest BCUT2D eigenvalue weighted by Crippen LogP contribution is 2.32. The van der Waals surface area contributed by atoms with Gasteiger partial charge in [0.15, 0.2) is 0 Å². The molecule has 0 radical (unpaired) electrons. The fourth-order valence-corrected chi connectivity index (χ4v) is 1.70. The standard InChI is InChI=1S/C11H23N/c1-11(2,3)8-7-10(12)9-5-4-6-9/h9-10H,4-8,12H2,1-3H3. The molecule has 2 N–H and O–H groups in total. The van der Waals surface area contributed by atoms with Crippen molar-refractivity contribution in [2.24, 2.45) is 17.1 Å². The van der Waals surface area contributed by atoms with Crippen molar-refractivity contribution >= 4 is 0 Å². The molecule has 0 amide bonds. The third-order valence-electron chi connectivity index (χ3n) is 2.98. The van der Waals surface area contributed by atoms with Gasteiger partial charge < -0.3 is 5.73 Å². The maximum atomic E-state index is 6.09. The zero-order valence-corrected chi connectivity index (χ0v) is 8.77. The summed E-state index contributed by atoms with van der Waals surface area (Å²) in [7, 11) is 0. The molecule has 0 aromatic carbocycles. The Labute approximate surface area is 76.7 Å².